The summed E-state index contributed by atoms with van der Waals surface area (Å²) in [7, 11) is -1.38. The summed E-state index contributed by atoms with van der Waals surface area (Å²) in [5, 5.41) is 7.02. The summed E-state index contributed by atoms with van der Waals surface area (Å²) in [4.78, 5) is 14.1. The Morgan fingerprint density at radius 3 is 2.52 bits per heavy atom. The van der Waals surface area contributed by atoms with Crippen molar-refractivity contribution in [3.63, 3.8) is 0 Å². The first-order valence-corrected chi connectivity index (χ1v) is 6.92. The number of nitrogens with zero attached hydrogens (tertiary/aromatic N) is 3. The number of aromatic nitrogens is 1. The van der Waals surface area contributed by atoms with Gasteiger partial charge in [-0.1, -0.05) is 16.8 Å². The van der Waals surface area contributed by atoms with E-state index < -0.39 is 39.3 Å². The molecule has 1 aromatic rings. The fraction of sp³-hybridized carbons (Fsp3) is 0.364. The molecule has 114 valence electrons. The number of carbonyl (C=O) groups is 1. The van der Waals surface area contributed by atoms with Crippen molar-refractivity contribution in [2.45, 2.75) is 17.3 Å². The zero-order valence-electron chi connectivity index (χ0n) is 10.4. The fourth-order valence-electron chi connectivity index (χ4n) is 1.50. The summed E-state index contributed by atoms with van der Waals surface area (Å²) in [6.07, 6.45) is -2.22. The maximum Gasteiger partial charge on any atom is 0.459 e. The van der Waals surface area contributed by atoms with E-state index in [1.807, 2.05) is 0 Å². The number of rotatable bonds is 4. The highest BCUT2D eigenvalue weighted by Gasteiger charge is 2.61. The van der Waals surface area contributed by atoms with Crippen LogP contribution in [0.2, 0.25) is 0 Å². The van der Waals surface area contributed by atoms with Crippen LogP contribution in [-0.2, 0) is 21.4 Å². The van der Waals surface area contributed by atoms with Crippen molar-refractivity contribution < 1.29 is 26.7 Å². The molecule has 0 fully saturated rings. The molecule has 0 spiro atoms. The second-order valence-corrected chi connectivity index (χ2v) is 5.52. The summed E-state index contributed by atoms with van der Waals surface area (Å²) in [6, 6.07) is 2.07. The highest BCUT2D eigenvalue weighted by atomic mass is 32.2. The molecule has 0 amide bonds. The molecule has 2 unspecified atom stereocenters. The topological polar surface area (TPSA) is 66.1 Å². The van der Waals surface area contributed by atoms with Crippen LogP contribution in [0.25, 0.3) is 0 Å². The Kier molecular flexibility index (Phi) is 5.11. The maximum atomic E-state index is 13.5. The molecule has 21 heavy (non-hydrogen) atoms. The van der Waals surface area contributed by atoms with Crippen LogP contribution < -0.4 is 0 Å². The third-order valence-corrected chi connectivity index (χ3v) is 3.94. The molecule has 2 atom stereocenters. The van der Waals surface area contributed by atoms with Gasteiger partial charge in [0.15, 0.2) is 0 Å². The number of pyridine rings is 1. The summed E-state index contributed by atoms with van der Waals surface area (Å²) < 4.78 is 67.6. The summed E-state index contributed by atoms with van der Waals surface area (Å²) in [5.74, 6) is -5.21. The average molecular weight is 325 g/mol. The van der Waals surface area contributed by atoms with Gasteiger partial charge in [0.05, 0.1) is 5.25 Å². The highest BCUT2D eigenvalue weighted by Crippen LogP contribution is 2.45. The molecule has 0 N–H and O–H groups in total. The van der Waals surface area contributed by atoms with Crippen molar-refractivity contribution in [2.24, 2.45) is 4.36 Å². The van der Waals surface area contributed by atoms with Crippen molar-refractivity contribution in [1.82, 2.24) is 4.98 Å². The van der Waals surface area contributed by atoms with E-state index in [4.69, 9.17) is 5.26 Å². The van der Waals surface area contributed by atoms with E-state index in [0.29, 0.717) is 0 Å². The second-order valence-electron chi connectivity index (χ2n) is 3.79. The number of alkyl halides is 5. The Morgan fingerprint density at radius 2 is 2.05 bits per heavy atom. The van der Waals surface area contributed by atoms with Gasteiger partial charge in [-0.25, -0.2) is 0 Å². The lowest BCUT2D eigenvalue weighted by Crippen LogP contribution is -2.36. The zero-order valence-corrected chi connectivity index (χ0v) is 11.3. The molecular formula is C11H8F5N3OS. The van der Waals surface area contributed by atoms with Gasteiger partial charge in [-0.2, -0.15) is 31.6 Å². The number of carbonyl (C=O) groups excluding carboxylic acids is 1. The van der Waals surface area contributed by atoms with E-state index in [1.54, 1.807) is 0 Å². The van der Waals surface area contributed by atoms with Crippen molar-refractivity contribution in [3.05, 3.63) is 29.6 Å². The van der Waals surface area contributed by atoms with E-state index in [0.717, 1.165) is 18.3 Å². The third kappa shape index (κ3) is 3.41. The molecule has 1 rings (SSSR count). The van der Waals surface area contributed by atoms with Crippen molar-refractivity contribution in [3.8, 4) is 6.19 Å². The first kappa shape index (κ1) is 17.2. The van der Waals surface area contributed by atoms with Crippen LogP contribution >= 0.6 is 0 Å². The lowest BCUT2D eigenvalue weighted by Gasteiger charge is -2.23. The molecule has 0 saturated heterocycles. The van der Waals surface area contributed by atoms with E-state index >= 15 is 0 Å². The average Bonchev–Trinajstić information content (AvgIpc) is 2.39. The Morgan fingerprint density at radius 1 is 1.43 bits per heavy atom. The fourth-order valence-corrected chi connectivity index (χ4v) is 2.46. The van der Waals surface area contributed by atoms with Gasteiger partial charge >= 0.3 is 12.1 Å². The van der Waals surface area contributed by atoms with Crippen molar-refractivity contribution in [2.75, 3.05) is 6.26 Å². The van der Waals surface area contributed by atoms with Crippen molar-refractivity contribution in [1.29, 1.82) is 5.26 Å². The molecule has 4 nitrogen and oxygen atoms in total. The standard InChI is InChI=1S/C11H8F5N3OS/c1-21(19-6-17)8(5-20)7-3-2-4-18-9(7)10(12,13)11(14,15)16/h2-5,8H,1H3. The molecule has 0 radical (unpaired) electrons. The van der Waals surface area contributed by atoms with Gasteiger partial charge in [-0.15, -0.1) is 0 Å². The lowest BCUT2D eigenvalue weighted by atomic mass is 10.1. The summed E-state index contributed by atoms with van der Waals surface area (Å²) in [6.45, 7) is 0. The molecule has 0 aliphatic carbocycles. The summed E-state index contributed by atoms with van der Waals surface area (Å²) in [5.41, 5.74) is -2.15. The molecule has 0 aliphatic rings. The van der Waals surface area contributed by atoms with Crippen LogP contribution in [0, 0.1) is 11.5 Å². The van der Waals surface area contributed by atoms with Gasteiger partial charge in [0.1, 0.15) is 12.0 Å². The number of hydrogen-bond acceptors (Lipinski definition) is 4. The van der Waals surface area contributed by atoms with Crippen LogP contribution in [0.4, 0.5) is 22.0 Å². The maximum absolute atomic E-state index is 13.5. The van der Waals surface area contributed by atoms with Crippen LogP contribution in [-0.4, -0.2) is 23.7 Å². The van der Waals surface area contributed by atoms with Gasteiger partial charge in [-0.05, 0) is 12.3 Å². The van der Waals surface area contributed by atoms with Gasteiger partial charge < -0.3 is 4.79 Å². The summed E-state index contributed by atoms with van der Waals surface area (Å²) >= 11 is 0. The van der Waals surface area contributed by atoms with Crippen LogP contribution in [0.5, 0.6) is 0 Å². The predicted octanol–water partition coefficient (Wildman–Crippen LogP) is 2.89. The van der Waals surface area contributed by atoms with E-state index in [9.17, 15) is 26.7 Å². The Balaban J connectivity index is 3.51. The SMILES string of the molecule is CS(=NC#N)C(C=O)c1cccnc1C(F)(F)C(F)(F)F. The van der Waals surface area contributed by atoms with Crippen molar-refractivity contribution >= 4 is 17.0 Å². The highest BCUT2D eigenvalue weighted by molar-refractivity contribution is 7.87. The molecule has 10 heteroatoms. The van der Waals surface area contributed by atoms with Crippen LogP contribution in [0.1, 0.15) is 16.5 Å². The Bertz CT molecular complexity index is 609. The lowest BCUT2D eigenvalue weighted by molar-refractivity contribution is -0.291. The van der Waals surface area contributed by atoms with E-state index in [-0.39, 0.29) is 6.29 Å². The molecule has 1 aromatic heterocycles. The van der Waals surface area contributed by atoms with Gasteiger partial charge in [0.2, 0.25) is 6.19 Å². The second kappa shape index (κ2) is 6.26. The number of halogens is 5. The molecular weight excluding hydrogens is 317 g/mol. The van der Waals surface area contributed by atoms with Crippen LogP contribution in [0.3, 0.4) is 0 Å². The van der Waals surface area contributed by atoms with Gasteiger partial charge in [0.25, 0.3) is 0 Å². The minimum atomic E-state index is -5.84. The minimum Gasteiger partial charge on any atom is -0.302 e. The minimum absolute atomic E-state index is 0.177. The number of hydrogen-bond donors (Lipinski definition) is 0. The first-order chi connectivity index (χ1) is 9.66. The normalized spacial score (nSPS) is 15.3. The van der Waals surface area contributed by atoms with Gasteiger partial charge in [-0.3, -0.25) is 4.98 Å². The number of aldehydes is 1. The van der Waals surface area contributed by atoms with Gasteiger partial charge in [0, 0.05) is 11.8 Å². The zero-order chi connectivity index (χ0) is 16.3. The Labute approximate surface area is 118 Å². The van der Waals surface area contributed by atoms with Crippen LogP contribution in [0.15, 0.2) is 22.7 Å². The molecule has 0 aliphatic heterocycles. The molecule has 1 heterocycles. The largest absolute Gasteiger partial charge is 0.459 e. The molecule has 0 saturated carbocycles. The van der Waals surface area contributed by atoms with E-state index in [1.165, 1.54) is 12.4 Å². The molecule has 0 aromatic carbocycles. The predicted molar refractivity (Wildman–Crippen MR) is 64.3 cm³/mol. The Hall–Kier alpha value is -1.89. The molecule has 0 bridgehead atoms. The third-order valence-electron chi connectivity index (χ3n) is 2.47. The first-order valence-electron chi connectivity index (χ1n) is 5.26. The van der Waals surface area contributed by atoms with E-state index in [2.05, 4.69) is 9.35 Å². The monoisotopic (exact) mass is 325 g/mol. The quantitative estimate of drug-likeness (QED) is 0.486. The number of nitriles is 1. The smallest absolute Gasteiger partial charge is 0.302 e.